The zero-order chi connectivity index (χ0) is 17.9. The molecule has 1 saturated heterocycles. The number of hydrogen-bond acceptors (Lipinski definition) is 4. The second-order valence-corrected chi connectivity index (χ2v) is 10.4. The first-order valence-corrected chi connectivity index (χ1v) is 11.5. The van der Waals surface area contributed by atoms with Gasteiger partial charge in [0.1, 0.15) is 0 Å². The van der Waals surface area contributed by atoms with Crippen LogP contribution in [0.5, 0.6) is 0 Å². The van der Waals surface area contributed by atoms with E-state index in [9.17, 15) is 13.2 Å². The van der Waals surface area contributed by atoms with Gasteiger partial charge in [-0.3, -0.25) is 4.79 Å². The second kappa shape index (κ2) is 9.22. The summed E-state index contributed by atoms with van der Waals surface area (Å²) in [5, 5.41) is -0.501. The lowest BCUT2D eigenvalue weighted by molar-refractivity contribution is -0.136. The summed E-state index contributed by atoms with van der Waals surface area (Å²) in [5.41, 5.74) is 5.96. The number of piperidine rings is 1. The van der Waals surface area contributed by atoms with Crippen molar-refractivity contribution in [2.24, 2.45) is 11.7 Å². The lowest BCUT2D eigenvalue weighted by atomic mass is 9.83. The smallest absolute Gasteiger partial charge is 0.225 e. The Morgan fingerprint density at radius 2 is 1.69 bits per heavy atom. The van der Waals surface area contributed by atoms with Crippen LogP contribution in [0.15, 0.2) is 0 Å². The van der Waals surface area contributed by atoms with Crippen LogP contribution in [0.4, 0.5) is 0 Å². The lowest BCUT2D eigenvalue weighted by Crippen LogP contribution is -2.55. The van der Waals surface area contributed by atoms with Crippen molar-refractivity contribution >= 4 is 28.3 Å². The summed E-state index contributed by atoms with van der Waals surface area (Å²) in [4.78, 5) is 14.4. The number of nitrogens with two attached hydrogens (primary N) is 1. The van der Waals surface area contributed by atoms with Gasteiger partial charge in [0, 0.05) is 31.1 Å². The van der Waals surface area contributed by atoms with E-state index < -0.39 is 20.8 Å². The van der Waals surface area contributed by atoms with Gasteiger partial charge in [-0.05, 0) is 38.5 Å². The quantitative estimate of drug-likeness (QED) is 0.730. The third-order valence-corrected chi connectivity index (χ3v) is 8.12. The number of rotatable bonds is 5. The zero-order valence-electron chi connectivity index (χ0n) is 15.6. The topological polar surface area (TPSA) is 92.5 Å². The summed E-state index contributed by atoms with van der Waals surface area (Å²) in [6.45, 7) is 1.35. The van der Waals surface area contributed by atoms with E-state index in [-0.39, 0.29) is 24.2 Å². The van der Waals surface area contributed by atoms with Gasteiger partial charge in [-0.25, -0.2) is 13.1 Å². The molecule has 1 heterocycles. The number of halogens is 1. The Morgan fingerprint density at radius 1 is 1.04 bits per heavy atom. The van der Waals surface area contributed by atoms with Crippen molar-refractivity contribution in [2.45, 2.75) is 81.4 Å². The highest BCUT2D eigenvalue weighted by atomic mass is 35.5. The highest BCUT2D eigenvalue weighted by molar-refractivity contribution is 7.90. The van der Waals surface area contributed by atoms with E-state index >= 15 is 0 Å². The largest absolute Gasteiger partial charge is 0.341 e. The Morgan fingerprint density at radius 3 is 2.35 bits per heavy atom. The molecule has 3 N–H and O–H groups in total. The number of nitrogens with one attached hydrogen (secondary N) is 1. The number of carbonyl (C=O) groups excluding carboxylic acids is 1. The van der Waals surface area contributed by atoms with Crippen LogP contribution < -0.4 is 10.5 Å². The van der Waals surface area contributed by atoms with Crippen molar-refractivity contribution in [3.63, 3.8) is 0 Å². The van der Waals surface area contributed by atoms with Crippen LogP contribution in [-0.4, -0.2) is 49.6 Å². The third kappa shape index (κ3) is 5.33. The second-order valence-electron chi connectivity index (χ2n) is 8.32. The molecular weight excluding hydrogens is 374 g/mol. The van der Waals surface area contributed by atoms with E-state index in [2.05, 4.69) is 4.72 Å². The molecule has 1 amide bonds. The maximum atomic E-state index is 12.8. The van der Waals surface area contributed by atoms with Crippen molar-refractivity contribution in [1.82, 2.24) is 9.62 Å². The van der Waals surface area contributed by atoms with E-state index in [0.717, 1.165) is 57.8 Å². The van der Waals surface area contributed by atoms with Crippen LogP contribution in [0.2, 0.25) is 0 Å². The summed E-state index contributed by atoms with van der Waals surface area (Å²) in [5.74, 6) is 0.281. The molecule has 3 rings (SSSR count). The monoisotopic (exact) mass is 407 g/mol. The van der Waals surface area contributed by atoms with Gasteiger partial charge in [0.2, 0.25) is 15.9 Å². The number of sulfonamides is 1. The van der Waals surface area contributed by atoms with Gasteiger partial charge < -0.3 is 10.6 Å². The fraction of sp³-hybridized carbons (Fsp3) is 0.944. The highest BCUT2D eigenvalue weighted by Crippen LogP contribution is 2.29. The van der Waals surface area contributed by atoms with E-state index in [1.54, 1.807) is 4.90 Å². The average Bonchev–Trinajstić information content (AvgIpc) is 3.15. The summed E-state index contributed by atoms with van der Waals surface area (Å²) >= 11 is 0. The highest BCUT2D eigenvalue weighted by Gasteiger charge is 2.37. The standard InChI is InChI=1S/C18H33N3O3S.ClH/c19-18(10-4-1-5-11-18)14-20-25(23,24)16-9-6-12-21(13-16)17(22)15-7-2-3-8-15;/h15-16,20H,1-14,19H2;1H. The van der Waals surface area contributed by atoms with Crippen LogP contribution in [0.1, 0.15) is 70.6 Å². The molecule has 152 valence electrons. The molecule has 1 unspecified atom stereocenters. The first-order chi connectivity index (χ1) is 11.9. The van der Waals surface area contributed by atoms with Gasteiger partial charge in [0.25, 0.3) is 0 Å². The van der Waals surface area contributed by atoms with E-state index in [1.807, 2.05) is 0 Å². The molecule has 1 aliphatic heterocycles. The molecular formula is C18H34ClN3O3S. The molecule has 0 radical (unpaired) electrons. The molecule has 3 fully saturated rings. The average molecular weight is 408 g/mol. The van der Waals surface area contributed by atoms with Gasteiger partial charge in [-0.2, -0.15) is 0 Å². The number of carbonyl (C=O) groups is 1. The maximum Gasteiger partial charge on any atom is 0.225 e. The molecule has 1 atom stereocenters. The van der Waals surface area contributed by atoms with Crippen LogP contribution in [-0.2, 0) is 14.8 Å². The SMILES string of the molecule is Cl.NC1(CNS(=O)(=O)C2CCCN(C(=O)C3CCCC3)C2)CCCCC1. The first-order valence-electron chi connectivity index (χ1n) is 9.96. The van der Waals surface area contributed by atoms with Crippen molar-refractivity contribution in [3.8, 4) is 0 Å². The van der Waals surface area contributed by atoms with Crippen molar-refractivity contribution < 1.29 is 13.2 Å². The molecule has 6 nitrogen and oxygen atoms in total. The minimum Gasteiger partial charge on any atom is -0.341 e. The third-order valence-electron chi connectivity index (χ3n) is 6.31. The van der Waals surface area contributed by atoms with Gasteiger partial charge in [-0.1, -0.05) is 32.1 Å². The van der Waals surface area contributed by atoms with E-state index in [1.165, 1.54) is 6.42 Å². The summed E-state index contributed by atoms with van der Waals surface area (Å²) < 4.78 is 28.3. The Hall–Kier alpha value is -0.370. The van der Waals surface area contributed by atoms with Gasteiger partial charge in [-0.15, -0.1) is 12.4 Å². The first kappa shape index (κ1) is 21.9. The summed E-state index contributed by atoms with van der Waals surface area (Å²) in [7, 11) is -3.43. The fourth-order valence-electron chi connectivity index (χ4n) is 4.62. The minimum atomic E-state index is -3.43. The van der Waals surface area contributed by atoms with Crippen LogP contribution in [0.3, 0.4) is 0 Å². The van der Waals surface area contributed by atoms with E-state index in [0.29, 0.717) is 26.1 Å². The van der Waals surface area contributed by atoms with Gasteiger partial charge in [0.15, 0.2) is 0 Å². The number of amides is 1. The predicted octanol–water partition coefficient (Wildman–Crippen LogP) is 2.17. The van der Waals surface area contributed by atoms with Crippen molar-refractivity contribution in [1.29, 1.82) is 0 Å². The Balaban J connectivity index is 0.00000243. The Bertz CT molecular complexity index is 572. The Labute approximate surface area is 164 Å². The van der Waals surface area contributed by atoms with Crippen LogP contribution >= 0.6 is 12.4 Å². The predicted molar refractivity (Wildman–Crippen MR) is 106 cm³/mol. The van der Waals surface area contributed by atoms with Gasteiger partial charge >= 0.3 is 0 Å². The molecule has 3 aliphatic rings. The van der Waals surface area contributed by atoms with Crippen LogP contribution in [0.25, 0.3) is 0 Å². The maximum absolute atomic E-state index is 12.8. The summed E-state index contributed by atoms with van der Waals surface area (Å²) in [6.07, 6.45) is 10.6. The molecule has 0 aromatic heterocycles. The number of nitrogens with zero attached hydrogens (tertiary/aromatic N) is 1. The van der Waals surface area contributed by atoms with E-state index in [4.69, 9.17) is 5.73 Å². The van der Waals surface area contributed by atoms with Crippen molar-refractivity contribution in [3.05, 3.63) is 0 Å². The minimum absolute atomic E-state index is 0. The molecule has 0 bridgehead atoms. The number of likely N-dealkylation sites (tertiary alicyclic amines) is 1. The zero-order valence-corrected chi connectivity index (χ0v) is 17.3. The molecule has 0 spiro atoms. The Kier molecular flexibility index (Phi) is 7.77. The molecule has 0 aromatic rings. The normalized spacial score (nSPS) is 27.1. The molecule has 8 heteroatoms. The lowest BCUT2D eigenvalue weighted by Gasteiger charge is -2.36. The fourth-order valence-corrected chi connectivity index (χ4v) is 6.19. The molecule has 2 saturated carbocycles. The molecule has 2 aliphatic carbocycles. The van der Waals surface area contributed by atoms with Crippen molar-refractivity contribution in [2.75, 3.05) is 19.6 Å². The van der Waals surface area contributed by atoms with Gasteiger partial charge in [0.05, 0.1) is 5.25 Å². The van der Waals surface area contributed by atoms with Crippen LogP contribution in [0, 0.1) is 5.92 Å². The molecule has 0 aromatic carbocycles. The summed E-state index contributed by atoms with van der Waals surface area (Å²) in [6, 6.07) is 0. The number of hydrogen-bond donors (Lipinski definition) is 2. The molecule has 26 heavy (non-hydrogen) atoms.